The molecule has 1 N–H and O–H groups in total. The molecule has 2 heterocycles. The Hall–Kier alpha value is -1.67. The molecule has 1 aliphatic rings. The summed E-state index contributed by atoms with van der Waals surface area (Å²) in [6, 6.07) is -0.0130. The van der Waals surface area contributed by atoms with Crippen LogP contribution >= 0.6 is 11.3 Å². The molecular formula is C16H20F2N4OS. The number of nitrogens with zero attached hydrogens (tertiary/aromatic N) is 3. The molecule has 3 rings (SSSR count). The Morgan fingerprint density at radius 1 is 1.33 bits per heavy atom. The molecule has 1 fully saturated rings. The molecule has 0 atom stereocenters. The Morgan fingerprint density at radius 2 is 2.08 bits per heavy atom. The molecule has 0 amide bonds. The lowest BCUT2D eigenvalue weighted by molar-refractivity contribution is -0.0361. The van der Waals surface area contributed by atoms with Crippen molar-refractivity contribution in [3.05, 3.63) is 22.8 Å². The van der Waals surface area contributed by atoms with E-state index in [9.17, 15) is 8.78 Å². The third kappa shape index (κ3) is 4.05. The third-order valence-electron chi connectivity index (χ3n) is 4.03. The van der Waals surface area contributed by atoms with Gasteiger partial charge in [0.05, 0.1) is 6.61 Å². The molecule has 0 spiro atoms. The monoisotopic (exact) mass is 354 g/mol. The SMILES string of the molecule is COCc1cnc(-c2nc(C)cs2)nc1NC1CCC(F)(F)CC1. The molecule has 0 radical (unpaired) electrons. The first-order valence-electron chi connectivity index (χ1n) is 7.88. The van der Waals surface area contributed by atoms with E-state index < -0.39 is 5.92 Å². The number of methoxy groups -OCH3 is 1. The molecule has 0 bridgehead atoms. The van der Waals surface area contributed by atoms with E-state index in [0.29, 0.717) is 31.1 Å². The van der Waals surface area contributed by atoms with Crippen molar-refractivity contribution in [2.45, 2.75) is 51.2 Å². The van der Waals surface area contributed by atoms with E-state index in [1.165, 1.54) is 11.3 Å². The van der Waals surface area contributed by atoms with Crippen LogP contribution in [0.15, 0.2) is 11.6 Å². The van der Waals surface area contributed by atoms with Gasteiger partial charge in [0.25, 0.3) is 0 Å². The molecule has 0 saturated heterocycles. The van der Waals surface area contributed by atoms with Crippen molar-refractivity contribution in [3.63, 3.8) is 0 Å². The largest absolute Gasteiger partial charge is 0.380 e. The zero-order chi connectivity index (χ0) is 17.2. The lowest BCUT2D eigenvalue weighted by Gasteiger charge is -2.29. The van der Waals surface area contributed by atoms with Gasteiger partial charge in [0.15, 0.2) is 10.8 Å². The van der Waals surface area contributed by atoms with E-state index >= 15 is 0 Å². The van der Waals surface area contributed by atoms with Gasteiger partial charge in [-0.15, -0.1) is 11.3 Å². The van der Waals surface area contributed by atoms with Gasteiger partial charge < -0.3 is 10.1 Å². The van der Waals surface area contributed by atoms with Gasteiger partial charge in [-0.3, -0.25) is 0 Å². The maximum Gasteiger partial charge on any atom is 0.248 e. The third-order valence-corrected chi connectivity index (χ3v) is 4.99. The van der Waals surface area contributed by atoms with Crippen LogP contribution in [0.2, 0.25) is 0 Å². The Labute approximate surface area is 143 Å². The molecule has 1 saturated carbocycles. The molecule has 0 unspecified atom stereocenters. The number of nitrogens with one attached hydrogen (secondary N) is 1. The number of anilines is 1. The zero-order valence-electron chi connectivity index (χ0n) is 13.7. The van der Waals surface area contributed by atoms with Crippen molar-refractivity contribution in [3.8, 4) is 10.8 Å². The lowest BCUT2D eigenvalue weighted by Crippen LogP contribution is -2.32. The van der Waals surface area contributed by atoms with Crippen molar-refractivity contribution in [1.29, 1.82) is 0 Å². The standard InChI is InChI=1S/C16H20F2N4OS/c1-10-9-24-15(20-10)14-19-7-11(8-23-2)13(22-14)21-12-3-5-16(17,18)6-4-12/h7,9,12H,3-6,8H2,1-2H3,(H,19,21,22). The van der Waals surface area contributed by atoms with Crippen molar-refractivity contribution in [1.82, 2.24) is 15.0 Å². The number of aromatic nitrogens is 3. The van der Waals surface area contributed by atoms with Gasteiger partial charge in [0, 0.05) is 48.8 Å². The molecular weight excluding hydrogens is 334 g/mol. The molecule has 24 heavy (non-hydrogen) atoms. The fraction of sp³-hybridized carbons (Fsp3) is 0.562. The summed E-state index contributed by atoms with van der Waals surface area (Å²) in [5, 5.41) is 5.99. The summed E-state index contributed by atoms with van der Waals surface area (Å²) in [5.74, 6) is -1.36. The molecule has 130 valence electrons. The number of alkyl halides is 2. The second kappa shape index (κ2) is 7.06. The first-order valence-corrected chi connectivity index (χ1v) is 8.76. The number of thiazole rings is 1. The van der Waals surface area contributed by atoms with Crippen LogP contribution in [0.3, 0.4) is 0 Å². The number of rotatable bonds is 5. The predicted octanol–water partition coefficient (Wildman–Crippen LogP) is 4.04. The van der Waals surface area contributed by atoms with Gasteiger partial charge in [-0.05, 0) is 19.8 Å². The molecule has 0 aromatic carbocycles. The van der Waals surface area contributed by atoms with E-state index in [1.807, 2.05) is 12.3 Å². The minimum absolute atomic E-state index is 0.0130. The fourth-order valence-electron chi connectivity index (χ4n) is 2.73. The number of ether oxygens (including phenoxy) is 1. The highest BCUT2D eigenvalue weighted by Gasteiger charge is 2.35. The maximum absolute atomic E-state index is 13.3. The molecule has 5 nitrogen and oxygen atoms in total. The van der Waals surface area contributed by atoms with Gasteiger partial charge in [0.1, 0.15) is 5.82 Å². The molecule has 1 aliphatic carbocycles. The highest BCUT2D eigenvalue weighted by molar-refractivity contribution is 7.13. The summed E-state index contributed by atoms with van der Waals surface area (Å²) in [6.45, 7) is 2.28. The highest BCUT2D eigenvalue weighted by atomic mass is 32.1. The predicted molar refractivity (Wildman–Crippen MR) is 89.4 cm³/mol. The highest BCUT2D eigenvalue weighted by Crippen LogP contribution is 2.34. The minimum atomic E-state index is -2.54. The lowest BCUT2D eigenvalue weighted by atomic mass is 9.92. The molecule has 2 aromatic rings. The van der Waals surface area contributed by atoms with E-state index in [-0.39, 0.29) is 18.9 Å². The molecule has 0 aliphatic heterocycles. The van der Waals surface area contributed by atoms with Gasteiger partial charge in [0.2, 0.25) is 5.92 Å². The van der Waals surface area contributed by atoms with Crippen LogP contribution in [0.1, 0.15) is 36.9 Å². The van der Waals surface area contributed by atoms with Crippen LogP contribution in [-0.4, -0.2) is 34.0 Å². The molecule has 2 aromatic heterocycles. The van der Waals surface area contributed by atoms with Gasteiger partial charge in [-0.25, -0.2) is 23.7 Å². The average Bonchev–Trinajstić information content (AvgIpc) is 2.98. The van der Waals surface area contributed by atoms with Crippen LogP contribution < -0.4 is 5.32 Å². The van der Waals surface area contributed by atoms with E-state index in [2.05, 4.69) is 20.3 Å². The first-order chi connectivity index (χ1) is 11.5. The zero-order valence-corrected chi connectivity index (χ0v) is 14.5. The van der Waals surface area contributed by atoms with Gasteiger partial charge in [-0.1, -0.05) is 0 Å². The maximum atomic E-state index is 13.3. The summed E-state index contributed by atoms with van der Waals surface area (Å²) < 4.78 is 31.8. The quantitative estimate of drug-likeness (QED) is 0.878. The Bertz CT molecular complexity index is 697. The Kier molecular flexibility index (Phi) is 5.05. The second-order valence-electron chi connectivity index (χ2n) is 6.07. The summed E-state index contributed by atoms with van der Waals surface area (Å²) in [7, 11) is 1.60. The normalized spacial score (nSPS) is 17.8. The van der Waals surface area contributed by atoms with Crippen LogP contribution in [0, 0.1) is 6.92 Å². The summed E-state index contributed by atoms with van der Waals surface area (Å²) >= 11 is 1.48. The van der Waals surface area contributed by atoms with Crippen molar-refractivity contribution >= 4 is 17.2 Å². The van der Waals surface area contributed by atoms with Crippen LogP contribution in [0.4, 0.5) is 14.6 Å². The summed E-state index contributed by atoms with van der Waals surface area (Å²) in [5.41, 5.74) is 1.73. The Morgan fingerprint density at radius 3 is 2.71 bits per heavy atom. The van der Waals surface area contributed by atoms with E-state index in [0.717, 1.165) is 16.3 Å². The average molecular weight is 354 g/mol. The second-order valence-corrected chi connectivity index (χ2v) is 6.93. The van der Waals surface area contributed by atoms with Gasteiger partial charge in [-0.2, -0.15) is 0 Å². The fourth-order valence-corrected chi connectivity index (χ4v) is 3.47. The summed E-state index contributed by atoms with van der Waals surface area (Å²) in [4.78, 5) is 13.3. The van der Waals surface area contributed by atoms with Crippen LogP contribution in [0.5, 0.6) is 0 Å². The van der Waals surface area contributed by atoms with E-state index in [1.54, 1.807) is 13.3 Å². The number of aryl methyl sites for hydroxylation is 1. The number of hydrogen-bond acceptors (Lipinski definition) is 6. The van der Waals surface area contributed by atoms with Crippen molar-refractivity contribution in [2.75, 3.05) is 12.4 Å². The number of halogens is 2. The summed E-state index contributed by atoms with van der Waals surface area (Å²) in [6.07, 6.45) is 2.38. The van der Waals surface area contributed by atoms with Crippen LogP contribution in [0.25, 0.3) is 10.8 Å². The van der Waals surface area contributed by atoms with Crippen molar-refractivity contribution in [2.24, 2.45) is 0 Å². The van der Waals surface area contributed by atoms with Crippen LogP contribution in [-0.2, 0) is 11.3 Å². The molecule has 8 heteroatoms. The van der Waals surface area contributed by atoms with Crippen molar-refractivity contribution < 1.29 is 13.5 Å². The van der Waals surface area contributed by atoms with Gasteiger partial charge >= 0.3 is 0 Å². The number of hydrogen-bond donors (Lipinski definition) is 1. The Balaban J connectivity index is 1.81. The van der Waals surface area contributed by atoms with E-state index in [4.69, 9.17) is 4.74 Å². The smallest absolute Gasteiger partial charge is 0.248 e. The first kappa shape index (κ1) is 17.2. The topological polar surface area (TPSA) is 59.9 Å². The minimum Gasteiger partial charge on any atom is -0.380 e.